The van der Waals surface area contributed by atoms with Crippen molar-refractivity contribution in [2.45, 2.75) is 50.6 Å². The first-order valence-electron chi connectivity index (χ1n) is 11.2. The molecule has 1 aromatic rings. The van der Waals surface area contributed by atoms with Gasteiger partial charge in [-0.1, -0.05) is 30.5 Å². The number of methoxy groups -OCH3 is 1. The van der Waals surface area contributed by atoms with Gasteiger partial charge in [0.1, 0.15) is 6.04 Å². The molecule has 2 saturated heterocycles. The predicted octanol–water partition coefficient (Wildman–Crippen LogP) is 3.41. The zero-order valence-electron chi connectivity index (χ0n) is 18.0. The van der Waals surface area contributed by atoms with E-state index in [-0.39, 0.29) is 23.9 Å². The van der Waals surface area contributed by atoms with E-state index in [9.17, 15) is 14.4 Å². The number of hydrogen-bond donors (Lipinski definition) is 0. The molecule has 8 heteroatoms. The van der Waals surface area contributed by atoms with E-state index in [1.165, 1.54) is 7.11 Å². The van der Waals surface area contributed by atoms with Crippen molar-refractivity contribution in [3.05, 3.63) is 34.9 Å². The number of likely N-dealkylation sites (tertiary alicyclic amines) is 1. The number of amides is 3. The maximum atomic E-state index is 13.6. The number of nitrogens with zero attached hydrogens (tertiary/aromatic N) is 3. The van der Waals surface area contributed by atoms with Crippen molar-refractivity contribution in [3.63, 3.8) is 0 Å². The zero-order chi connectivity index (χ0) is 22.0. The van der Waals surface area contributed by atoms with Gasteiger partial charge in [-0.15, -0.1) is 0 Å². The summed E-state index contributed by atoms with van der Waals surface area (Å²) in [4.78, 5) is 44.3. The first-order valence-corrected chi connectivity index (χ1v) is 11.6. The lowest BCUT2D eigenvalue weighted by molar-refractivity contribution is -0.135. The third-order valence-electron chi connectivity index (χ3n) is 6.92. The SMILES string of the molecule is COC(=O)N1CCCN(C(=O)C2CC3CCCCC3N2C(=O)c2cccc(Cl)c2)CC1. The Bertz CT molecular complexity index is 848. The molecule has 0 spiro atoms. The smallest absolute Gasteiger partial charge is 0.409 e. The summed E-state index contributed by atoms with van der Waals surface area (Å²) in [5.41, 5.74) is 0.532. The summed E-state index contributed by atoms with van der Waals surface area (Å²) in [6.07, 6.45) is 5.29. The topological polar surface area (TPSA) is 70.2 Å². The van der Waals surface area contributed by atoms with Crippen LogP contribution >= 0.6 is 11.6 Å². The highest BCUT2D eigenvalue weighted by molar-refractivity contribution is 6.31. The highest BCUT2D eigenvalue weighted by Gasteiger charge is 2.48. The monoisotopic (exact) mass is 447 g/mol. The van der Waals surface area contributed by atoms with Crippen molar-refractivity contribution >= 4 is 29.5 Å². The minimum atomic E-state index is -0.454. The number of fused-ring (bicyclic) bond motifs is 1. The van der Waals surface area contributed by atoms with Gasteiger partial charge in [-0.25, -0.2) is 4.79 Å². The van der Waals surface area contributed by atoms with Crippen molar-refractivity contribution in [2.75, 3.05) is 33.3 Å². The van der Waals surface area contributed by atoms with Gasteiger partial charge in [-0.2, -0.15) is 0 Å². The standard InChI is InChI=1S/C23H30ClN3O4/c1-31-23(30)26-11-5-10-25(12-13-26)22(29)20-15-16-6-2-3-9-19(16)27(20)21(28)17-7-4-8-18(24)14-17/h4,7-8,14,16,19-20H,2-3,5-6,9-13,15H2,1H3. The average Bonchev–Trinajstić information content (AvgIpc) is 2.99. The third kappa shape index (κ3) is 4.52. The quantitative estimate of drug-likeness (QED) is 0.696. The third-order valence-corrected chi connectivity index (χ3v) is 7.15. The van der Waals surface area contributed by atoms with Gasteiger partial charge in [0.25, 0.3) is 5.91 Å². The summed E-state index contributed by atoms with van der Waals surface area (Å²) in [6.45, 7) is 2.05. The fourth-order valence-corrected chi connectivity index (χ4v) is 5.59. The molecule has 3 amide bonds. The van der Waals surface area contributed by atoms with Crippen LogP contribution in [0.25, 0.3) is 0 Å². The Morgan fingerprint density at radius 3 is 2.52 bits per heavy atom. The van der Waals surface area contributed by atoms with Gasteiger partial charge in [0.05, 0.1) is 7.11 Å². The maximum Gasteiger partial charge on any atom is 0.409 e. The molecule has 1 aromatic carbocycles. The molecule has 0 radical (unpaired) electrons. The number of carbonyl (C=O) groups is 3. The fourth-order valence-electron chi connectivity index (χ4n) is 5.40. The molecular formula is C23H30ClN3O4. The summed E-state index contributed by atoms with van der Waals surface area (Å²) in [6, 6.07) is 6.63. The van der Waals surface area contributed by atoms with Crippen LogP contribution in [0.5, 0.6) is 0 Å². The molecule has 2 aliphatic heterocycles. The lowest BCUT2D eigenvalue weighted by atomic mass is 9.84. The van der Waals surface area contributed by atoms with Crippen LogP contribution < -0.4 is 0 Å². The Morgan fingerprint density at radius 1 is 1.00 bits per heavy atom. The highest BCUT2D eigenvalue weighted by Crippen LogP contribution is 2.41. The van der Waals surface area contributed by atoms with Crippen molar-refractivity contribution in [3.8, 4) is 0 Å². The molecule has 0 N–H and O–H groups in total. The molecule has 0 bridgehead atoms. The van der Waals surface area contributed by atoms with Gasteiger partial charge in [-0.05, 0) is 49.8 Å². The molecule has 31 heavy (non-hydrogen) atoms. The van der Waals surface area contributed by atoms with Crippen LogP contribution in [0.4, 0.5) is 4.79 Å². The summed E-state index contributed by atoms with van der Waals surface area (Å²) >= 11 is 6.13. The lowest BCUT2D eigenvalue weighted by Gasteiger charge is -2.35. The molecular weight excluding hydrogens is 418 g/mol. The number of ether oxygens (including phenoxy) is 1. The van der Waals surface area contributed by atoms with Crippen LogP contribution in [0.3, 0.4) is 0 Å². The molecule has 2 heterocycles. The second-order valence-electron chi connectivity index (χ2n) is 8.72. The van der Waals surface area contributed by atoms with Crippen LogP contribution in [0, 0.1) is 5.92 Å². The lowest BCUT2D eigenvalue weighted by Crippen LogP contribution is -2.51. The van der Waals surface area contributed by atoms with Gasteiger partial charge in [0.15, 0.2) is 0 Å². The number of carbonyl (C=O) groups excluding carboxylic acids is 3. The first-order chi connectivity index (χ1) is 15.0. The van der Waals surface area contributed by atoms with Crippen LogP contribution in [0.15, 0.2) is 24.3 Å². The Hall–Kier alpha value is -2.28. The molecule has 1 aliphatic carbocycles. The second kappa shape index (κ2) is 9.47. The van der Waals surface area contributed by atoms with Gasteiger partial charge in [-0.3, -0.25) is 9.59 Å². The number of halogens is 1. The molecule has 0 aromatic heterocycles. The summed E-state index contributed by atoms with van der Waals surface area (Å²) in [7, 11) is 1.37. The molecule has 3 unspecified atom stereocenters. The summed E-state index contributed by atoms with van der Waals surface area (Å²) in [5.74, 6) is 0.252. The van der Waals surface area contributed by atoms with Gasteiger partial charge >= 0.3 is 6.09 Å². The fraction of sp³-hybridized carbons (Fsp3) is 0.609. The highest BCUT2D eigenvalue weighted by atomic mass is 35.5. The van der Waals surface area contributed by atoms with Crippen LogP contribution in [0.2, 0.25) is 5.02 Å². The molecule has 168 valence electrons. The Labute approximate surface area is 188 Å². The van der Waals surface area contributed by atoms with Crippen molar-refractivity contribution in [1.29, 1.82) is 0 Å². The van der Waals surface area contributed by atoms with Crippen LogP contribution in [-0.4, -0.2) is 78.0 Å². The summed E-state index contributed by atoms with van der Waals surface area (Å²) < 4.78 is 4.83. The minimum Gasteiger partial charge on any atom is -0.453 e. The van der Waals surface area contributed by atoms with E-state index in [1.807, 2.05) is 9.80 Å². The van der Waals surface area contributed by atoms with Gasteiger partial charge < -0.3 is 19.4 Å². The van der Waals surface area contributed by atoms with Gasteiger partial charge in [0, 0.05) is 42.8 Å². The number of rotatable bonds is 2. The van der Waals surface area contributed by atoms with Crippen molar-refractivity contribution in [1.82, 2.24) is 14.7 Å². The van der Waals surface area contributed by atoms with Crippen LogP contribution in [0.1, 0.15) is 48.9 Å². The van der Waals surface area contributed by atoms with E-state index in [0.29, 0.717) is 55.5 Å². The van der Waals surface area contributed by atoms with E-state index in [1.54, 1.807) is 29.2 Å². The molecule has 1 saturated carbocycles. The molecule has 4 rings (SSSR count). The second-order valence-corrected chi connectivity index (χ2v) is 9.16. The van der Waals surface area contributed by atoms with E-state index in [4.69, 9.17) is 16.3 Å². The normalized spacial score (nSPS) is 26.3. The van der Waals surface area contributed by atoms with E-state index >= 15 is 0 Å². The Morgan fingerprint density at radius 2 is 1.74 bits per heavy atom. The minimum absolute atomic E-state index is 0.00325. The van der Waals surface area contributed by atoms with E-state index in [2.05, 4.69) is 0 Å². The maximum absolute atomic E-state index is 13.6. The van der Waals surface area contributed by atoms with Crippen molar-refractivity contribution < 1.29 is 19.1 Å². The first kappa shape index (κ1) is 21.9. The van der Waals surface area contributed by atoms with Crippen LogP contribution in [-0.2, 0) is 9.53 Å². The number of benzene rings is 1. The Kier molecular flexibility index (Phi) is 6.70. The molecule has 7 nitrogen and oxygen atoms in total. The van der Waals surface area contributed by atoms with E-state index in [0.717, 1.165) is 25.7 Å². The summed E-state index contributed by atoms with van der Waals surface area (Å²) in [5, 5.41) is 0.517. The average molecular weight is 448 g/mol. The number of hydrogen-bond acceptors (Lipinski definition) is 4. The largest absolute Gasteiger partial charge is 0.453 e. The molecule has 3 fully saturated rings. The van der Waals surface area contributed by atoms with Crippen molar-refractivity contribution in [2.24, 2.45) is 5.92 Å². The molecule has 3 atom stereocenters. The van der Waals surface area contributed by atoms with Gasteiger partial charge in [0.2, 0.25) is 5.91 Å². The van der Waals surface area contributed by atoms with E-state index < -0.39 is 6.04 Å². The predicted molar refractivity (Wildman–Crippen MR) is 117 cm³/mol. The zero-order valence-corrected chi connectivity index (χ0v) is 18.7. The Balaban J connectivity index is 1.55. The molecule has 3 aliphatic rings.